The van der Waals surface area contributed by atoms with Gasteiger partial charge in [-0.25, -0.2) is 9.97 Å². The number of rotatable bonds is 6. The van der Waals surface area contributed by atoms with E-state index in [1.807, 2.05) is 31.2 Å². The molecule has 0 fully saturated rings. The minimum atomic E-state index is -0.123. The predicted molar refractivity (Wildman–Crippen MR) is 103 cm³/mol. The van der Waals surface area contributed by atoms with Gasteiger partial charge in [-0.2, -0.15) is 0 Å². The van der Waals surface area contributed by atoms with E-state index < -0.39 is 0 Å². The van der Waals surface area contributed by atoms with E-state index in [1.165, 1.54) is 11.8 Å². The lowest BCUT2D eigenvalue weighted by Crippen LogP contribution is -2.14. The summed E-state index contributed by atoms with van der Waals surface area (Å²) in [4.78, 5) is 21.2. The third-order valence-corrected chi connectivity index (χ3v) is 4.68. The maximum Gasteiger partial charge on any atom is 0.234 e. The number of nitrogens with one attached hydrogen (secondary N) is 1. The molecule has 134 valence electrons. The first-order chi connectivity index (χ1) is 12.6. The predicted octanol–water partition coefficient (Wildman–Crippen LogP) is 3.69. The highest BCUT2D eigenvalue weighted by molar-refractivity contribution is 8.00. The van der Waals surface area contributed by atoms with Crippen molar-refractivity contribution in [1.29, 1.82) is 0 Å². The summed E-state index contributed by atoms with van der Waals surface area (Å²) < 4.78 is 10.4. The number of methoxy groups -OCH3 is 2. The summed E-state index contributed by atoms with van der Waals surface area (Å²) >= 11 is 1.39. The molecule has 0 spiro atoms. The molecule has 6 nitrogen and oxygen atoms in total. The SMILES string of the molecule is COc1ccc(NC(=O)CSc2nc(C)nc3ccccc23)cc1OC. The third-order valence-electron chi connectivity index (χ3n) is 3.69. The first kappa shape index (κ1) is 18.0. The van der Waals surface area contributed by atoms with Gasteiger partial charge < -0.3 is 14.8 Å². The largest absolute Gasteiger partial charge is 0.493 e. The topological polar surface area (TPSA) is 73.3 Å². The van der Waals surface area contributed by atoms with Crippen LogP contribution >= 0.6 is 11.8 Å². The second-order valence-corrected chi connectivity index (χ2v) is 6.46. The van der Waals surface area contributed by atoms with Gasteiger partial charge in [-0.15, -0.1) is 0 Å². The average molecular weight is 369 g/mol. The highest BCUT2D eigenvalue weighted by Crippen LogP contribution is 2.30. The Balaban J connectivity index is 1.70. The fourth-order valence-corrected chi connectivity index (χ4v) is 3.38. The number of aryl methyl sites for hydroxylation is 1. The molecule has 0 radical (unpaired) electrons. The highest BCUT2D eigenvalue weighted by Gasteiger charge is 2.11. The smallest absolute Gasteiger partial charge is 0.234 e. The summed E-state index contributed by atoms with van der Waals surface area (Å²) in [6.45, 7) is 1.85. The van der Waals surface area contributed by atoms with Crippen LogP contribution in [0, 0.1) is 6.92 Å². The van der Waals surface area contributed by atoms with Crippen molar-refractivity contribution >= 4 is 34.3 Å². The minimum Gasteiger partial charge on any atom is -0.493 e. The minimum absolute atomic E-state index is 0.123. The van der Waals surface area contributed by atoms with Gasteiger partial charge in [0.05, 0.1) is 25.5 Å². The Labute approximate surface area is 155 Å². The molecular formula is C19H19N3O3S. The summed E-state index contributed by atoms with van der Waals surface area (Å²) in [7, 11) is 3.13. The van der Waals surface area contributed by atoms with Gasteiger partial charge in [-0.1, -0.05) is 30.0 Å². The Hall–Kier alpha value is -2.80. The number of thioether (sulfide) groups is 1. The van der Waals surface area contributed by atoms with Crippen molar-refractivity contribution < 1.29 is 14.3 Å². The first-order valence-corrected chi connectivity index (χ1v) is 8.97. The number of ether oxygens (including phenoxy) is 2. The quantitative estimate of drug-likeness (QED) is 0.528. The zero-order valence-electron chi connectivity index (χ0n) is 14.8. The molecule has 0 aliphatic rings. The number of aromatic nitrogens is 2. The lowest BCUT2D eigenvalue weighted by Gasteiger charge is -2.11. The lowest BCUT2D eigenvalue weighted by atomic mass is 10.2. The molecule has 1 N–H and O–H groups in total. The summed E-state index contributed by atoms with van der Waals surface area (Å²) in [5.74, 6) is 1.99. The highest BCUT2D eigenvalue weighted by atomic mass is 32.2. The molecule has 0 unspecified atom stereocenters. The molecule has 0 aliphatic carbocycles. The number of hydrogen-bond donors (Lipinski definition) is 1. The molecule has 0 aliphatic heterocycles. The van der Waals surface area contributed by atoms with Crippen LogP contribution in [0.25, 0.3) is 10.9 Å². The van der Waals surface area contributed by atoms with Crippen LogP contribution in [0.2, 0.25) is 0 Å². The maximum atomic E-state index is 12.3. The van der Waals surface area contributed by atoms with Crippen LogP contribution in [0.15, 0.2) is 47.5 Å². The van der Waals surface area contributed by atoms with Crippen molar-refractivity contribution in [1.82, 2.24) is 9.97 Å². The zero-order chi connectivity index (χ0) is 18.5. The summed E-state index contributed by atoms with van der Waals surface area (Å²) in [5.41, 5.74) is 1.53. The molecule has 26 heavy (non-hydrogen) atoms. The van der Waals surface area contributed by atoms with Crippen molar-refractivity contribution in [3.8, 4) is 11.5 Å². The fraction of sp³-hybridized carbons (Fsp3) is 0.211. The van der Waals surface area contributed by atoms with E-state index in [-0.39, 0.29) is 11.7 Å². The molecule has 2 aromatic carbocycles. The fourth-order valence-electron chi connectivity index (χ4n) is 2.51. The van der Waals surface area contributed by atoms with Crippen molar-refractivity contribution in [2.45, 2.75) is 11.9 Å². The third kappa shape index (κ3) is 4.05. The van der Waals surface area contributed by atoms with Crippen LogP contribution in [0.4, 0.5) is 5.69 Å². The molecule has 1 aromatic heterocycles. The normalized spacial score (nSPS) is 10.6. The number of carbonyl (C=O) groups excluding carboxylic acids is 1. The maximum absolute atomic E-state index is 12.3. The number of benzene rings is 2. The van der Waals surface area contributed by atoms with Crippen molar-refractivity contribution in [2.75, 3.05) is 25.3 Å². The number of nitrogens with zero attached hydrogens (tertiary/aromatic N) is 2. The van der Waals surface area contributed by atoms with Gasteiger partial charge in [0.15, 0.2) is 11.5 Å². The van der Waals surface area contributed by atoms with Gasteiger partial charge in [0.1, 0.15) is 10.9 Å². The van der Waals surface area contributed by atoms with Crippen LogP contribution in [0.5, 0.6) is 11.5 Å². The second-order valence-electron chi connectivity index (χ2n) is 5.50. The number of fused-ring (bicyclic) bond motifs is 1. The van der Waals surface area contributed by atoms with E-state index >= 15 is 0 Å². The number of amides is 1. The monoisotopic (exact) mass is 369 g/mol. The Morgan fingerprint density at radius 1 is 1.08 bits per heavy atom. The van der Waals surface area contributed by atoms with Gasteiger partial charge in [-0.3, -0.25) is 4.79 Å². The Morgan fingerprint density at radius 3 is 2.62 bits per heavy atom. The lowest BCUT2D eigenvalue weighted by molar-refractivity contribution is -0.113. The molecule has 3 aromatic rings. The summed E-state index contributed by atoms with van der Waals surface area (Å²) in [6, 6.07) is 13.0. The molecular weight excluding hydrogens is 350 g/mol. The van der Waals surface area contributed by atoms with Crippen molar-refractivity contribution in [3.63, 3.8) is 0 Å². The van der Waals surface area contributed by atoms with Crippen LogP contribution < -0.4 is 14.8 Å². The van der Waals surface area contributed by atoms with Gasteiger partial charge in [0.2, 0.25) is 5.91 Å². The molecule has 0 atom stereocenters. The Morgan fingerprint density at radius 2 is 1.85 bits per heavy atom. The molecule has 1 amide bonds. The first-order valence-electron chi connectivity index (χ1n) is 7.99. The number of anilines is 1. The average Bonchev–Trinajstić information content (AvgIpc) is 2.65. The van der Waals surface area contributed by atoms with Crippen molar-refractivity contribution in [3.05, 3.63) is 48.3 Å². The molecule has 1 heterocycles. The van der Waals surface area contributed by atoms with Gasteiger partial charge >= 0.3 is 0 Å². The van der Waals surface area contributed by atoms with E-state index in [1.54, 1.807) is 32.4 Å². The van der Waals surface area contributed by atoms with Crippen LogP contribution in [-0.2, 0) is 4.79 Å². The van der Waals surface area contributed by atoms with E-state index in [4.69, 9.17) is 9.47 Å². The summed E-state index contributed by atoms with van der Waals surface area (Å²) in [6.07, 6.45) is 0. The van der Waals surface area contributed by atoms with Gasteiger partial charge in [0, 0.05) is 17.1 Å². The van der Waals surface area contributed by atoms with Crippen LogP contribution in [0.1, 0.15) is 5.82 Å². The standard InChI is InChI=1S/C19H19N3O3S/c1-12-20-15-7-5-4-6-14(15)19(21-12)26-11-18(23)22-13-8-9-16(24-2)17(10-13)25-3/h4-10H,11H2,1-3H3,(H,22,23). The molecule has 7 heteroatoms. The van der Waals surface area contributed by atoms with Gasteiger partial charge in [0.25, 0.3) is 0 Å². The van der Waals surface area contributed by atoms with E-state index in [0.29, 0.717) is 23.0 Å². The second kappa shape index (κ2) is 8.05. The Kier molecular flexibility index (Phi) is 5.58. The number of para-hydroxylation sites is 1. The molecule has 0 bridgehead atoms. The van der Waals surface area contributed by atoms with Gasteiger partial charge in [-0.05, 0) is 25.1 Å². The molecule has 3 rings (SSSR count). The van der Waals surface area contributed by atoms with Crippen LogP contribution in [0.3, 0.4) is 0 Å². The van der Waals surface area contributed by atoms with E-state index in [2.05, 4.69) is 15.3 Å². The number of carbonyl (C=O) groups is 1. The zero-order valence-corrected chi connectivity index (χ0v) is 15.6. The molecule has 0 saturated heterocycles. The number of hydrogen-bond acceptors (Lipinski definition) is 6. The summed E-state index contributed by atoms with van der Waals surface area (Å²) in [5, 5.41) is 4.61. The Bertz CT molecular complexity index is 946. The van der Waals surface area contributed by atoms with E-state index in [0.717, 1.165) is 15.9 Å². The van der Waals surface area contributed by atoms with Crippen molar-refractivity contribution in [2.24, 2.45) is 0 Å². The van der Waals surface area contributed by atoms with E-state index in [9.17, 15) is 4.79 Å². The molecule has 0 saturated carbocycles. The van der Waals surface area contributed by atoms with Crippen LogP contribution in [-0.4, -0.2) is 35.8 Å².